The quantitative estimate of drug-likeness (QED) is 0.885. The average Bonchev–Trinajstić information content (AvgIpc) is 3.20. The molecule has 2 fully saturated rings. The number of benzene rings is 2. The van der Waals surface area contributed by atoms with Gasteiger partial charge in [-0.2, -0.15) is 0 Å². The van der Waals surface area contributed by atoms with Crippen LogP contribution in [0.5, 0.6) is 0 Å². The Balaban J connectivity index is 1.41. The van der Waals surface area contributed by atoms with Gasteiger partial charge in [-0.1, -0.05) is 67.4 Å². The molecule has 26 heavy (non-hydrogen) atoms. The van der Waals surface area contributed by atoms with Crippen molar-refractivity contribution >= 4 is 0 Å². The molecule has 5 rings (SSSR count). The Labute approximate surface area is 157 Å². The highest BCUT2D eigenvalue weighted by molar-refractivity contribution is 5.39. The summed E-state index contributed by atoms with van der Waals surface area (Å²) in [6.45, 7) is 4.70. The van der Waals surface area contributed by atoms with E-state index in [9.17, 15) is 0 Å². The second-order valence-electron chi connectivity index (χ2n) is 8.56. The van der Waals surface area contributed by atoms with Gasteiger partial charge >= 0.3 is 0 Å². The molecule has 2 aromatic rings. The van der Waals surface area contributed by atoms with E-state index in [1.54, 1.807) is 11.1 Å². The van der Waals surface area contributed by atoms with Crippen LogP contribution in [0.3, 0.4) is 0 Å². The van der Waals surface area contributed by atoms with Crippen molar-refractivity contribution in [1.29, 1.82) is 0 Å². The van der Waals surface area contributed by atoms with Crippen LogP contribution in [-0.2, 0) is 18.5 Å². The summed E-state index contributed by atoms with van der Waals surface area (Å²) in [7, 11) is 0. The number of hydrogen-bond acceptors (Lipinski definition) is 2. The van der Waals surface area contributed by atoms with E-state index in [4.69, 9.17) is 0 Å². The Bertz CT molecular complexity index is 744. The maximum Gasteiger partial charge on any atom is 0.0519 e. The van der Waals surface area contributed by atoms with Gasteiger partial charge in [0, 0.05) is 32.1 Å². The van der Waals surface area contributed by atoms with Crippen LogP contribution in [0, 0.1) is 11.8 Å². The highest BCUT2D eigenvalue weighted by atomic mass is 15.2. The van der Waals surface area contributed by atoms with E-state index in [1.165, 1.54) is 50.8 Å². The summed E-state index contributed by atoms with van der Waals surface area (Å²) in [5.41, 5.74) is 4.89. The molecule has 0 bridgehead atoms. The lowest BCUT2D eigenvalue weighted by Gasteiger charge is -2.56. The second-order valence-corrected chi connectivity index (χ2v) is 8.56. The Morgan fingerprint density at radius 1 is 0.885 bits per heavy atom. The minimum atomic E-state index is 0.221. The standard InChI is InChI=1S/C24H30N2/c1-2-8-19(9-3-1)16-26-17-22(18-26)24(21-11-5-6-12-21)23-13-7-4-10-20(23)14-15-25-24/h1-4,7-10,13,21-22,25H,5-6,11-12,14-18H2. The van der Waals surface area contributed by atoms with Gasteiger partial charge in [-0.25, -0.2) is 0 Å². The number of nitrogens with zero attached hydrogens (tertiary/aromatic N) is 1. The van der Waals surface area contributed by atoms with Crippen molar-refractivity contribution in [2.45, 2.75) is 44.2 Å². The molecule has 3 aliphatic rings. The third-order valence-electron chi connectivity index (χ3n) is 7.12. The molecule has 1 N–H and O–H groups in total. The van der Waals surface area contributed by atoms with Gasteiger partial charge in [0.1, 0.15) is 0 Å². The Morgan fingerprint density at radius 3 is 2.42 bits per heavy atom. The molecule has 2 nitrogen and oxygen atoms in total. The van der Waals surface area contributed by atoms with Gasteiger partial charge in [0.15, 0.2) is 0 Å². The van der Waals surface area contributed by atoms with Crippen LogP contribution >= 0.6 is 0 Å². The lowest BCUT2D eigenvalue weighted by Crippen LogP contribution is -2.65. The summed E-state index contributed by atoms with van der Waals surface area (Å²) >= 11 is 0. The van der Waals surface area contributed by atoms with E-state index >= 15 is 0 Å². The lowest BCUT2D eigenvalue weighted by molar-refractivity contribution is -0.0167. The fourth-order valence-corrected chi connectivity index (χ4v) is 5.91. The maximum absolute atomic E-state index is 4.09. The summed E-state index contributed by atoms with van der Waals surface area (Å²) in [6, 6.07) is 20.2. The predicted octanol–water partition coefficient (Wildman–Crippen LogP) is 4.35. The van der Waals surface area contributed by atoms with E-state index in [0.717, 1.165) is 24.9 Å². The molecule has 1 saturated carbocycles. The molecule has 2 heterocycles. The first-order valence-corrected chi connectivity index (χ1v) is 10.5. The molecule has 1 saturated heterocycles. The predicted molar refractivity (Wildman–Crippen MR) is 107 cm³/mol. The molecule has 2 aromatic carbocycles. The molecule has 1 atom stereocenters. The first-order valence-electron chi connectivity index (χ1n) is 10.5. The summed E-state index contributed by atoms with van der Waals surface area (Å²) in [6.07, 6.45) is 6.81. The fourth-order valence-electron chi connectivity index (χ4n) is 5.91. The van der Waals surface area contributed by atoms with Crippen molar-refractivity contribution in [3.8, 4) is 0 Å². The molecule has 136 valence electrons. The number of nitrogens with one attached hydrogen (secondary N) is 1. The van der Waals surface area contributed by atoms with Gasteiger partial charge in [0.25, 0.3) is 0 Å². The van der Waals surface area contributed by atoms with Crippen LogP contribution < -0.4 is 5.32 Å². The first kappa shape index (κ1) is 16.5. The number of hydrogen-bond donors (Lipinski definition) is 1. The van der Waals surface area contributed by atoms with Gasteiger partial charge in [0.2, 0.25) is 0 Å². The molecule has 1 aliphatic carbocycles. The van der Waals surface area contributed by atoms with Crippen LogP contribution in [0.15, 0.2) is 54.6 Å². The van der Waals surface area contributed by atoms with Gasteiger partial charge in [0.05, 0.1) is 5.54 Å². The normalized spacial score (nSPS) is 27.2. The SMILES string of the molecule is c1ccc(CN2CC(C3(C4CCCC4)NCCc4ccccc43)C2)cc1. The first-order chi connectivity index (χ1) is 12.9. The molecule has 1 unspecified atom stereocenters. The molecule has 0 spiro atoms. The Kier molecular flexibility index (Phi) is 4.34. The Morgan fingerprint density at radius 2 is 1.62 bits per heavy atom. The van der Waals surface area contributed by atoms with Crippen molar-refractivity contribution in [3.05, 3.63) is 71.3 Å². The van der Waals surface area contributed by atoms with Crippen molar-refractivity contribution in [3.63, 3.8) is 0 Å². The topological polar surface area (TPSA) is 15.3 Å². The van der Waals surface area contributed by atoms with Gasteiger partial charge in [-0.15, -0.1) is 0 Å². The highest BCUT2D eigenvalue weighted by Crippen LogP contribution is 2.50. The van der Waals surface area contributed by atoms with Crippen LogP contribution in [0.4, 0.5) is 0 Å². The number of fused-ring (bicyclic) bond motifs is 1. The van der Waals surface area contributed by atoms with Crippen LogP contribution in [0.2, 0.25) is 0 Å². The lowest BCUT2D eigenvalue weighted by atomic mass is 9.63. The van der Waals surface area contributed by atoms with Gasteiger partial charge < -0.3 is 5.32 Å². The minimum absolute atomic E-state index is 0.221. The zero-order valence-electron chi connectivity index (χ0n) is 15.7. The molecule has 2 aliphatic heterocycles. The third-order valence-corrected chi connectivity index (χ3v) is 7.12. The molecular weight excluding hydrogens is 316 g/mol. The largest absolute Gasteiger partial charge is 0.306 e. The molecule has 0 amide bonds. The van der Waals surface area contributed by atoms with Gasteiger partial charge in [-0.3, -0.25) is 4.90 Å². The van der Waals surface area contributed by atoms with Crippen LogP contribution in [-0.4, -0.2) is 24.5 Å². The molecule has 2 heteroatoms. The summed E-state index contributed by atoms with van der Waals surface area (Å²) in [4.78, 5) is 2.63. The van der Waals surface area contributed by atoms with Crippen molar-refractivity contribution < 1.29 is 0 Å². The zero-order valence-corrected chi connectivity index (χ0v) is 15.7. The van der Waals surface area contributed by atoms with E-state index in [-0.39, 0.29) is 5.54 Å². The molecule has 0 radical (unpaired) electrons. The van der Waals surface area contributed by atoms with E-state index in [0.29, 0.717) is 0 Å². The molecular formula is C24H30N2. The van der Waals surface area contributed by atoms with E-state index in [1.807, 2.05) is 0 Å². The number of rotatable bonds is 4. The van der Waals surface area contributed by atoms with E-state index in [2.05, 4.69) is 64.8 Å². The smallest absolute Gasteiger partial charge is 0.0519 e. The summed E-state index contributed by atoms with van der Waals surface area (Å²) in [5, 5.41) is 4.09. The molecule has 0 aromatic heterocycles. The second kappa shape index (κ2) is 6.83. The summed E-state index contributed by atoms with van der Waals surface area (Å²) in [5.74, 6) is 1.56. The average molecular weight is 347 g/mol. The zero-order chi connectivity index (χ0) is 17.4. The highest BCUT2D eigenvalue weighted by Gasteiger charge is 2.52. The monoisotopic (exact) mass is 346 g/mol. The van der Waals surface area contributed by atoms with Crippen LogP contribution in [0.25, 0.3) is 0 Å². The van der Waals surface area contributed by atoms with Crippen molar-refractivity contribution in [2.24, 2.45) is 11.8 Å². The van der Waals surface area contributed by atoms with Crippen LogP contribution in [0.1, 0.15) is 42.4 Å². The number of likely N-dealkylation sites (tertiary alicyclic amines) is 1. The maximum atomic E-state index is 4.09. The Hall–Kier alpha value is -1.64. The minimum Gasteiger partial charge on any atom is -0.306 e. The van der Waals surface area contributed by atoms with Gasteiger partial charge in [-0.05, 0) is 41.9 Å². The van der Waals surface area contributed by atoms with Crippen molar-refractivity contribution in [1.82, 2.24) is 10.2 Å². The van der Waals surface area contributed by atoms with E-state index < -0.39 is 0 Å². The fraction of sp³-hybridized carbons (Fsp3) is 0.500. The summed E-state index contributed by atoms with van der Waals surface area (Å²) < 4.78 is 0. The van der Waals surface area contributed by atoms with Crippen molar-refractivity contribution in [2.75, 3.05) is 19.6 Å². The third kappa shape index (κ3) is 2.71.